The molecule has 0 amide bonds. The smallest absolute Gasteiger partial charge is 0.231 e. The monoisotopic (exact) mass is 570 g/mol. The number of aromatic nitrogens is 1. The summed E-state index contributed by atoms with van der Waals surface area (Å²) < 4.78 is 6.90. The fourth-order valence-corrected chi connectivity index (χ4v) is 5.67. The first-order chi connectivity index (χ1) is 18.0. The molecule has 0 aliphatic carbocycles. The molecule has 182 valence electrons. The van der Waals surface area contributed by atoms with Gasteiger partial charge in [0.2, 0.25) is 5.89 Å². The highest BCUT2D eigenvalue weighted by molar-refractivity contribution is 9.10. The number of hydrogen-bond acceptors (Lipinski definition) is 6. The van der Waals surface area contributed by atoms with Gasteiger partial charge < -0.3 is 19.3 Å². The van der Waals surface area contributed by atoms with Gasteiger partial charge in [-0.3, -0.25) is 4.99 Å². The number of benzene rings is 4. The lowest BCUT2D eigenvalue weighted by molar-refractivity contribution is 0.474. The van der Waals surface area contributed by atoms with Gasteiger partial charge in [-0.25, -0.2) is 4.98 Å². The molecule has 7 rings (SSSR count). The second kappa shape index (κ2) is 8.64. The highest BCUT2D eigenvalue weighted by Crippen LogP contribution is 2.39. The molecule has 1 aromatic heterocycles. The second-order valence-electron chi connectivity index (χ2n) is 9.29. The number of hydrogen-bond donors (Lipinski definition) is 1. The first-order valence-corrected chi connectivity index (χ1v) is 13.0. The van der Waals surface area contributed by atoms with Crippen molar-refractivity contribution >= 4 is 61.9 Å². The Kier molecular flexibility index (Phi) is 5.23. The van der Waals surface area contributed by atoms with Crippen molar-refractivity contribution in [1.29, 1.82) is 0 Å². The highest BCUT2D eigenvalue weighted by Gasteiger charge is 2.29. The molecule has 0 spiro atoms. The molecule has 37 heavy (non-hydrogen) atoms. The Bertz CT molecular complexity index is 1730. The largest absolute Gasteiger partial charge is 0.507 e. The fraction of sp³-hybridized carbons (Fsp3) is 0.103. The van der Waals surface area contributed by atoms with Gasteiger partial charge in [0.15, 0.2) is 5.58 Å². The molecule has 0 atom stereocenters. The summed E-state index contributed by atoms with van der Waals surface area (Å²) >= 11 is 9.65. The summed E-state index contributed by atoms with van der Waals surface area (Å²) in [4.78, 5) is 13.9. The normalized spacial score (nSPS) is 14.3. The van der Waals surface area contributed by atoms with Gasteiger partial charge in [0.25, 0.3) is 0 Å². The van der Waals surface area contributed by atoms with E-state index in [2.05, 4.69) is 72.1 Å². The van der Waals surface area contributed by atoms with Gasteiger partial charge in [0.1, 0.15) is 11.3 Å². The lowest BCUT2D eigenvalue weighted by Crippen LogP contribution is -2.46. The summed E-state index contributed by atoms with van der Waals surface area (Å²) in [5, 5.41) is 11.2. The molecular weight excluding hydrogens is 552 g/mol. The van der Waals surface area contributed by atoms with Crippen molar-refractivity contribution < 1.29 is 9.52 Å². The average Bonchev–Trinajstić information content (AvgIpc) is 3.30. The summed E-state index contributed by atoms with van der Waals surface area (Å²) in [6.07, 6.45) is 1.83. The van der Waals surface area contributed by atoms with Gasteiger partial charge in [-0.05, 0) is 77.4 Å². The summed E-state index contributed by atoms with van der Waals surface area (Å²) in [5.74, 6) is 0.390. The third kappa shape index (κ3) is 4.04. The van der Waals surface area contributed by atoms with Crippen LogP contribution in [0.3, 0.4) is 0 Å². The minimum absolute atomic E-state index is 0.0523. The Morgan fingerprint density at radius 2 is 1.70 bits per heavy atom. The average molecular weight is 572 g/mol. The van der Waals surface area contributed by atoms with Gasteiger partial charge in [-0.2, -0.15) is 0 Å². The standard InChI is InChI=1S/C29H20BrClN4O2/c30-20-2-7-26-19(10-20)15-35-16-34(26)14-18-9-17(1-6-25(18)35)13-32-22-4-5-23(27(36)12-22)29-33-24-11-21(31)3-8-28(24)37-29/h1-13,36H,14-16H2. The van der Waals surface area contributed by atoms with E-state index in [1.165, 1.54) is 22.5 Å². The number of phenolic OH excluding ortho intramolecular Hbond substituents is 1. The Balaban J connectivity index is 1.13. The fourth-order valence-electron chi connectivity index (χ4n) is 5.10. The molecule has 6 nitrogen and oxygen atoms in total. The Hall–Kier alpha value is -3.81. The number of aromatic hydroxyl groups is 1. The number of fused-ring (bicyclic) bond motifs is 7. The predicted octanol–water partition coefficient (Wildman–Crippen LogP) is 7.66. The van der Waals surface area contributed by atoms with Crippen molar-refractivity contribution in [2.24, 2.45) is 4.99 Å². The van der Waals surface area contributed by atoms with Crippen molar-refractivity contribution in [2.75, 3.05) is 16.5 Å². The molecule has 8 heteroatoms. The molecule has 2 aliphatic rings. The van der Waals surface area contributed by atoms with Crippen LogP contribution in [0.15, 0.2) is 86.7 Å². The van der Waals surface area contributed by atoms with Crippen molar-refractivity contribution in [3.63, 3.8) is 0 Å². The van der Waals surface area contributed by atoms with Crippen LogP contribution >= 0.6 is 27.5 Å². The molecule has 0 saturated carbocycles. The Labute approximate surface area is 226 Å². The van der Waals surface area contributed by atoms with Crippen molar-refractivity contribution in [3.8, 4) is 17.2 Å². The SMILES string of the molecule is Oc1cc(N=Cc2ccc3c(c2)CN2CN3Cc3cc(Br)ccc32)ccc1-c1nc2cc(Cl)ccc2o1. The van der Waals surface area contributed by atoms with E-state index in [1.807, 2.05) is 12.3 Å². The molecule has 2 bridgehead atoms. The summed E-state index contributed by atoms with van der Waals surface area (Å²) in [7, 11) is 0. The van der Waals surface area contributed by atoms with Crippen molar-refractivity contribution in [3.05, 3.63) is 99.0 Å². The van der Waals surface area contributed by atoms with Gasteiger partial charge in [0.05, 0.1) is 17.9 Å². The molecular formula is C29H20BrClN4O2. The molecule has 3 heterocycles. The van der Waals surface area contributed by atoms with Gasteiger partial charge in [-0.15, -0.1) is 0 Å². The number of phenols is 1. The van der Waals surface area contributed by atoms with Crippen LogP contribution in [0.4, 0.5) is 17.1 Å². The highest BCUT2D eigenvalue weighted by atomic mass is 79.9. The summed E-state index contributed by atoms with van der Waals surface area (Å²) in [6.45, 7) is 2.64. The zero-order valence-electron chi connectivity index (χ0n) is 19.5. The number of nitrogens with zero attached hydrogens (tertiary/aromatic N) is 4. The van der Waals surface area contributed by atoms with E-state index in [4.69, 9.17) is 16.0 Å². The predicted molar refractivity (Wildman–Crippen MR) is 151 cm³/mol. The lowest BCUT2D eigenvalue weighted by Gasteiger charge is -2.44. The van der Waals surface area contributed by atoms with Gasteiger partial charge >= 0.3 is 0 Å². The molecule has 0 radical (unpaired) electrons. The van der Waals surface area contributed by atoms with E-state index >= 15 is 0 Å². The van der Waals surface area contributed by atoms with Crippen LogP contribution in [0, 0.1) is 0 Å². The van der Waals surface area contributed by atoms with E-state index in [-0.39, 0.29) is 5.75 Å². The maximum Gasteiger partial charge on any atom is 0.231 e. The zero-order chi connectivity index (χ0) is 25.1. The van der Waals surface area contributed by atoms with Crippen molar-refractivity contribution in [1.82, 2.24) is 4.98 Å². The van der Waals surface area contributed by atoms with Crippen LogP contribution in [0.2, 0.25) is 5.02 Å². The maximum absolute atomic E-state index is 10.7. The maximum atomic E-state index is 10.7. The molecule has 0 unspecified atom stereocenters. The molecule has 0 fully saturated rings. The van der Waals surface area contributed by atoms with Crippen molar-refractivity contribution in [2.45, 2.75) is 13.1 Å². The number of aliphatic imine (C=N–C) groups is 1. The quantitative estimate of drug-likeness (QED) is 0.225. The third-order valence-electron chi connectivity index (χ3n) is 6.81. The topological polar surface area (TPSA) is 65.1 Å². The van der Waals surface area contributed by atoms with E-state index in [0.29, 0.717) is 33.3 Å². The third-order valence-corrected chi connectivity index (χ3v) is 7.54. The van der Waals surface area contributed by atoms with Crippen LogP contribution in [0.25, 0.3) is 22.6 Å². The summed E-state index contributed by atoms with van der Waals surface area (Å²) in [5.41, 5.74) is 8.58. The van der Waals surface area contributed by atoms with E-state index in [9.17, 15) is 5.11 Å². The van der Waals surface area contributed by atoms with Gasteiger partial charge in [-0.1, -0.05) is 33.6 Å². The minimum atomic E-state index is 0.0523. The van der Waals surface area contributed by atoms with E-state index in [1.54, 1.807) is 30.3 Å². The van der Waals surface area contributed by atoms with Crippen LogP contribution in [0.5, 0.6) is 5.75 Å². The Morgan fingerprint density at radius 1 is 0.919 bits per heavy atom. The molecule has 5 aromatic rings. The van der Waals surface area contributed by atoms with E-state index in [0.717, 1.165) is 29.8 Å². The van der Waals surface area contributed by atoms with Gasteiger partial charge in [0, 0.05) is 46.2 Å². The first-order valence-electron chi connectivity index (χ1n) is 11.8. The van der Waals surface area contributed by atoms with Crippen LogP contribution < -0.4 is 9.80 Å². The zero-order valence-corrected chi connectivity index (χ0v) is 21.9. The lowest BCUT2D eigenvalue weighted by atomic mass is 10.0. The molecule has 1 N–H and O–H groups in total. The van der Waals surface area contributed by atoms with Crippen LogP contribution in [-0.2, 0) is 13.1 Å². The number of oxazole rings is 1. The number of rotatable bonds is 3. The summed E-state index contributed by atoms with van der Waals surface area (Å²) in [6, 6.07) is 23.4. The molecule has 2 aliphatic heterocycles. The number of halogens is 2. The molecule has 0 saturated heterocycles. The molecule has 4 aromatic carbocycles. The van der Waals surface area contributed by atoms with E-state index < -0.39 is 0 Å². The second-order valence-corrected chi connectivity index (χ2v) is 10.6. The first kappa shape index (κ1) is 22.4. The van der Waals surface area contributed by atoms with Crippen LogP contribution in [-0.4, -0.2) is 23.0 Å². The number of anilines is 2. The Morgan fingerprint density at radius 3 is 2.51 bits per heavy atom. The van der Waals surface area contributed by atoms with Crippen LogP contribution in [0.1, 0.15) is 16.7 Å². The minimum Gasteiger partial charge on any atom is -0.507 e.